The topological polar surface area (TPSA) is 264 Å². The highest BCUT2D eigenvalue weighted by atomic mass is 16.7. The minimum absolute atomic E-state index is 0.0361. The predicted molar refractivity (Wildman–Crippen MR) is 162 cm³/mol. The average molecular weight is 699 g/mol. The van der Waals surface area contributed by atoms with Gasteiger partial charge in [0.05, 0.1) is 46.1 Å². The van der Waals surface area contributed by atoms with Gasteiger partial charge in [-0.05, 0) is 35.9 Å². The van der Waals surface area contributed by atoms with Gasteiger partial charge in [-0.25, -0.2) is 0 Å². The second-order valence-electron chi connectivity index (χ2n) is 12.0. The molecule has 17 heteroatoms. The lowest BCUT2D eigenvalue weighted by Crippen LogP contribution is -2.60. The highest BCUT2D eigenvalue weighted by molar-refractivity contribution is 5.99. The van der Waals surface area contributed by atoms with Gasteiger partial charge in [0.1, 0.15) is 48.8 Å². The number of carbonyl (C=O) groups excluding carboxylic acids is 1. The molecule has 272 valence electrons. The highest BCUT2D eigenvalue weighted by Gasteiger charge is 2.47. The Labute approximate surface area is 280 Å². The Morgan fingerprint density at radius 1 is 0.673 bits per heavy atom. The van der Waals surface area contributed by atoms with Crippen molar-refractivity contribution in [3.05, 3.63) is 47.5 Å². The second-order valence-corrected chi connectivity index (χ2v) is 12.0. The number of aliphatic hydroxyl groups excluding tert-OH is 9. The van der Waals surface area contributed by atoms with Crippen LogP contribution < -0.4 is 18.9 Å². The second kappa shape index (κ2) is 15.8. The number of ketones is 1. The van der Waals surface area contributed by atoms with Crippen molar-refractivity contribution in [2.75, 3.05) is 40.6 Å². The molecule has 0 aromatic heterocycles. The van der Waals surface area contributed by atoms with E-state index in [1.54, 1.807) is 12.1 Å². The minimum atomic E-state index is -1.66. The normalized spacial score (nSPS) is 36.3. The first-order valence-corrected chi connectivity index (χ1v) is 15.5. The molecule has 17 nitrogen and oxygen atoms in total. The Morgan fingerprint density at radius 2 is 1.18 bits per heavy atom. The van der Waals surface area contributed by atoms with Crippen LogP contribution >= 0.6 is 0 Å². The van der Waals surface area contributed by atoms with Crippen molar-refractivity contribution in [3.8, 4) is 23.0 Å². The fourth-order valence-electron chi connectivity index (χ4n) is 6.17. The fraction of sp³-hybridized carbons (Fsp3) is 0.594. The predicted octanol–water partition coefficient (Wildman–Crippen LogP) is -2.76. The Kier molecular flexibility index (Phi) is 12.0. The molecular formula is C32H42O17. The number of hydrogen-bond donors (Lipinski definition) is 9. The molecule has 0 aliphatic carbocycles. The van der Waals surface area contributed by atoms with Crippen molar-refractivity contribution in [2.24, 2.45) is 11.8 Å². The molecule has 0 amide bonds. The van der Waals surface area contributed by atoms with E-state index in [9.17, 15) is 50.8 Å². The molecule has 3 aliphatic heterocycles. The molecular weight excluding hydrogens is 656 g/mol. The molecule has 2 aromatic carbocycles. The summed E-state index contributed by atoms with van der Waals surface area (Å²) < 4.78 is 39.1. The van der Waals surface area contributed by atoms with Crippen LogP contribution in [0.4, 0.5) is 0 Å². The summed E-state index contributed by atoms with van der Waals surface area (Å²) in [5, 5.41) is 90.3. The average Bonchev–Trinajstić information content (AvgIpc) is 3.56. The summed E-state index contributed by atoms with van der Waals surface area (Å²) in [6.45, 7) is -1.72. The van der Waals surface area contributed by atoms with E-state index in [1.807, 2.05) is 0 Å². The summed E-state index contributed by atoms with van der Waals surface area (Å²) in [7, 11) is 2.69. The number of aliphatic hydroxyl groups is 9. The van der Waals surface area contributed by atoms with Crippen molar-refractivity contribution in [3.63, 3.8) is 0 Å². The molecule has 0 spiro atoms. The molecule has 0 unspecified atom stereocenters. The molecule has 3 fully saturated rings. The Balaban J connectivity index is 1.30. The van der Waals surface area contributed by atoms with E-state index in [4.69, 9.17) is 33.2 Å². The van der Waals surface area contributed by atoms with Crippen LogP contribution in [-0.2, 0) is 14.2 Å². The number of rotatable bonds is 12. The monoisotopic (exact) mass is 698 g/mol. The van der Waals surface area contributed by atoms with Crippen molar-refractivity contribution >= 4 is 5.78 Å². The lowest BCUT2D eigenvalue weighted by Gasteiger charge is -2.39. The molecule has 3 saturated heterocycles. The zero-order valence-electron chi connectivity index (χ0n) is 26.6. The first-order chi connectivity index (χ1) is 23.5. The number of carbonyl (C=O) groups is 1. The van der Waals surface area contributed by atoms with E-state index in [0.717, 1.165) is 0 Å². The lowest BCUT2D eigenvalue weighted by atomic mass is 9.83. The quantitative estimate of drug-likeness (QED) is 0.102. The van der Waals surface area contributed by atoms with E-state index >= 15 is 0 Å². The van der Waals surface area contributed by atoms with Crippen LogP contribution in [0.5, 0.6) is 23.0 Å². The fourth-order valence-corrected chi connectivity index (χ4v) is 6.17. The first-order valence-electron chi connectivity index (χ1n) is 15.5. The third-order valence-electron chi connectivity index (χ3n) is 9.06. The molecule has 5 rings (SSSR count). The van der Waals surface area contributed by atoms with Crippen LogP contribution in [-0.4, -0.2) is 154 Å². The third-order valence-corrected chi connectivity index (χ3v) is 9.06. The van der Waals surface area contributed by atoms with Crippen LogP contribution in [0, 0.1) is 11.8 Å². The summed E-state index contributed by atoms with van der Waals surface area (Å²) in [4.78, 5) is 13.7. The SMILES string of the molecule is COc1cc(C(=O)[C@@H]2CO[C@H](c3ccc(O[C@@H]4O[C@H](CO)[C@@H](O)[C@H](O)[C@H]4O)c(OC)c3)[C@H]2CO)ccc1O[C@@H]1O[C@H](CO)[C@@H](O)[C@H](O)[C@H]1O. The van der Waals surface area contributed by atoms with Crippen LogP contribution in [0.1, 0.15) is 22.0 Å². The van der Waals surface area contributed by atoms with Crippen molar-refractivity contribution < 1.29 is 83.9 Å². The van der Waals surface area contributed by atoms with Gasteiger partial charge in [0, 0.05) is 18.1 Å². The Morgan fingerprint density at radius 3 is 1.67 bits per heavy atom. The molecule has 13 atom stereocenters. The largest absolute Gasteiger partial charge is 0.493 e. The number of ether oxygens (including phenoxy) is 7. The van der Waals surface area contributed by atoms with Gasteiger partial charge in [-0.2, -0.15) is 0 Å². The zero-order chi connectivity index (χ0) is 35.6. The van der Waals surface area contributed by atoms with Crippen LogP contribution in [0.2, 0.25) is 0 Å². The van der Waals surface area contributed by atoms with Crippen molar-refractivity contribution in [2.45, 2.75) is 67.5 Å². The molecule has 9 N–H and O–H groups in total. The smallest absolute Gasteiger partial charge is 0.229 e. The van der Waals surface area contributed by atoms with E-state index < -0.39 is 99.2 Å². The van der Waals surface area contributed by atoms with Crippen LogP contribution in [0.15, 0.2) is 36.4 Å². The Hall–Kier alpha value is -3.17. The Bertz CT molecular complexity index is 1420. The summed E-state index contributed by atoms with van der Waals surface area (Å²) >= 11 is 0. The summed E-state index contributed by atoms with van der Waals surface area (Å²) in [6, 6.07) is 8.90. The first kappa shape index (κ1) is 37.1. The molecule has 0 bridgehead atoms. The van der Waals surface area contributed by atoms with Gasteiger partial charge in [0.15, 0.2) is 28.8 Å². The molecule has 0 saturated carbocycles. The summed E-state index contributed by atoms with van der Waals surface area (Å²) in [5.41, 5.74) is 0.736. The standard InChI is InChI=1S/C32H42O17/c1-43-19-7-13(3-5-17(19)46-31-28(41)26(39)24(37)21(10-34)48-31)23(36)16-12-45-30(15(16)9-33)14-4-6-18(20(8-14)44-2)47-32-29(42)27(40)25(38)22(11-35)49-32/h3-8,15-16,21-22,24-35,37-42H,9-12H2,1-2H3/t15-,16+,21+,22+,24+,25+,26-,27-,28+,29+,30+,31+,32+/m0/s1. The van der Waals surface area contributed by atoms with E-state index in [-0.39, 0.29) is 41.0 Å². The lowest BCUT2D eigenvalue weighted by molar-refractivity contribution is -0.277. The van der Waals surface area contributed by atoms with Gasteiger partial charge >= 0.3 is 0 Å². The molecule has 2 aromatic rings. The number of hydrogen-bond acceptors (Lipinski definition) is 17. The van der Waals surface area contributed by atoms with Gasteiger partial charge in [-0.3, -0.25) is 4.79 Å². The van der Waals surface area contributed by atoms with Crippen LogP contribution in [0.25, 0.3) is 0 Å². The maximum absolute atomic E-state index is 13.7. The maximum atomic E-state index is 13.7. The van der Waals surface area contributed by atoms with Gasteiger partial charge in [-0.15, -0.1) is 0 Å². The molecule has 3 heterocycles. The third kappa shape index (κ3) is 7.34. The van der Waals surface area contributed by atoms with E-state index in [0.29, 0.717) is 5.56 Å². The highest BCUT2D eigenvalue weighted by Crippen LogP contribution is 2.43. The van der Waals surface area contributed by atoms with Crippen molar-refractivity contribution in [1.82, 2.24) is 0 Å². The summed E-state index contributed by atoms with van der Waals surface area (Å²) in [6.07, 6.45) is -15.7. The molecule has 0 radical (unpaired) electrons. The number of benzene rings is 2. The summed E-state index contributed by atoms with van der Waals surface area (Å²) in [5.74, 6) is -1.45. The van der Waals surface area contributed by atoms with Crippen molar-refractivity contribution in [1.29, 1.82) is 0 Å². The van der Waals surface area contributed by atoms with E-state index in [2.05, 4.69) is 0 Å². The van der Waals surface area contributed by atoms with Gasteiger partial charge < -0.3 is 79.1 Å². The molecule has 3 aliphatic rings. The number of Topliss-reactive ketones (excluding diaryl/α,β-unsaturated/α-hetero) is 1. The van der Waals surface area contributed by atoms with E-state index in [1.165, 1.54) is 38.5 Å². The van der Waals surface area contributed by atoms with Gasteiger partial charge in [0.2, 0.25) is 12.6 Å². The zero-order valence-corrected chi connectivity index (χ0v) is 26.6. The number of methoxy groups -OCH3 is 2. The minimum Gasteiger partial charge on any atom is -0.493 e. The van der Waals surface area contributed by atoms with Crippen LogP contribution in [0.3, 0.4) is 0 Å². The van der Waals surface area contributed by atoms with Gasteiger partial charge in [-0.1, -0.05) is 6.07 Å². The molecule has 49 heavy (non-hydrogen) atoms. The maximum Gasteiger partial charge on any atom is 0.229 e. The van der Waals surface area contributed by atoms with Gasteiger partial charge in [0.25, 0.3) is 0 Å².